The Hall–Kier alpha value is -2.10. The first-order chi connectivity index (χ1) is 13.1. The van der Waals surface area contributed by atoms with Crippen LogP contribution >= 0.6 is 0 Å². The van der Waals surface area contributed by atoms with Crippen molar-refractivity contribution in [2.75, 3.05) is 6.61 Å². The van der Waals surface area contributed by atoms with E-state index in [0.717, 1.165) is 29.9 Å². The van der Waals surface area contributed by atoms with Crippen LogP contribution in [-0.2, 0) is 0 Å². The van der Waals surface area contributed by atoms with Gasteiger partial charge in [0.2, 0.25) is 0 Å². The highest BCUT2D eigenvalue weighted by Crippen LogP contribution is 2.22. The molecular formula is C23H34N2O2. The Morgan fingerprint density at radius 3 is 2.22 bits per heavy atom. The highest BCUT2D eigenvalue weighted by atomic mass is 16.5. The standard InChI is InChI=1S/C23H34N2O2/c1-5-7-8-9-10-19(4)27-21-13-11-20(12-14-21)23-24-15-22(16-25-23)26-17-18(3)6-2/h11-16,18-19H,5-10,17H2,1-4H3/t18-,19+/m0/s1. The average Bonchev–Trinajstić information content (AvgIpc) is 2.70. The third-order valence-corrected chi connectivity index (χ3v) is 4.77. The lowest BCUT2D eigenvalue weighted by Gasteiger charge is -2.15. The van der Waals surface area contributed by atoms with Gasteiger partial charge in [-0.2, -0.15) is 0 Å². The molecule has 0 saturated carbocycles. The van der Waals surface area contributed by atoms with E-state index in [-0.39, 0.29) is 6.10 Å². The fraction of sp³-hybridized carbons (Fsp3) is 0.565. The van der Waals surface area contributed by atoms with Crippen molar-refractivity contribution >= 4 is 0 Å². The van der Waals surface area contributed by atoms with Crippen LogP contribution in [0, 0.1) is 5.92 Å². The summed E-state index contributed by atoms with van der Waals surface area (Å²) >= 11 is 0. The summed E-state index contributed by atoms with van der Waals surface area (Å²) in [7, 11) is 0. The molecule has 0 unspecified atom stereocenters. The minimum Gasteiger partial charge on any atom is -0.491 e. The Bertz CT molecular complexity index is 640. The molecular weight excluding hydrogens is 336 g/mol. The third-order valence-electron chi connectivity index (χ3n) is 4.77. The summed E-state index contributed by atoms with van der Waals surface area (Å²) in [6, 6.07) is 8.01. The van der Waals surface area contributed by atoms with Crippen LogP contribution in [-0.4, -0.2) is 22.7 Å². The van der Waals surface area contributed by atoms with Crippen LogP contribution in [0.15, 0.2) is 36.7 Å². The van der Waals surface area contributed by atoms with Crippen LogP contribution in [0.5, 0.6) is 11.5 Å². The van der Waals surface area contributed by atoms with Crippen LogP contribution in [0.1, 0.15) is 66.2 Å². The topological polar surface area (TPSA) is 44.2 Å². The summed E-state index contributed by atoms with van der Waals surface area (Å²) in [6.07, 6.45) is 11.0. The number of rotatable bonds is 12. The number of hydrogen-bond acceptors (Lipinski definition) is 4. The van der Waals surface area contributed by atoms with Gasteiger partial charge in [-0.3, -0.25) is 0 Å². The van der Waals surface area contributed by atoms with E-state index < -0.39 is 0 Å². The zero-order valence-electron chi connectivity index (χ0n) is 17.3. The second-order valence-electron chi connectivity index (χ2n) is 7.37. The van der Waals surface area contributed by atoms with Crippen molar-refractivity contribution in [2.45, 2.75) is 72.3 Å². The lowest BCUT2D eigenvalue weighted by Crippen LogP contribution is -2.11. The highest BCUT2D eigenvalue weighted by molar-refractivity contribution is 5.56. The molecule has 0 radical (unpaired) electrons. The maximum atomic E-state index is 6.01. The van der Waals surface area contributed by atoms with Crippen molar-refractivity contribution in [3.8, 4) is 22.9 Å². The quantitative estimate of drug-likeness (QED) is 0.411. The Balaban J connectivity index is 1.85. The van der Waals surface area contributed by atoms with Crippen molar-refractivity contribution < 1.29 is 9.47 Å². The first-order valence-corrected chi connectivity index (χ1v) is 10.3. The van der Waals surface area contributed by atoms with Crippen LogP contribution in [0.2, 0.25) is 0 Å². The molecule has 1 aromatic carbocycles. The number of ether oxygens (including phenoxy) is 2. The predicted octanol–water partition coefficient (Wildman–Crippen LogP) is 6.31. The van der Waals surface area contributed by atoms with E-state index in [0.29, 0.717) is 18.3 Å². The molecule has 2 aromatic rings. The van der Waals surface area contributed by atoms with Gasteiger partial charge in [0.15, 0.2) is 11.6 Å². The van der Waals surface area contributed by atoms with Gasteiger partial charge in [-0.25, -0.2) is 9.97 Å². The summed E-state index contributed by atoms with van der Waals surface area (Å²) in [6.45, 7) is 9.40. The maximum absolute atomic E-state index is 6.01. The normalized spacial score (nSPS) is 13.2. The minimum absolute atomic E-state index is 0.242. The average molecular weight is 371 g/mol. The highest BCUT2D eigenvalue weighted by Gasteiger charge is 2.07. The second kappa shape index (κ2) is 11.6. The molecule has 4 heteroatoms. The van der Waals surface area contributed by atoms with Gasteiger partial charge >= 0.3 is 0 Å². The van der Waals surface area contributed by atoms with E-state index >= 15 is 0 Å². The van der Waals surface area contributed by atoms with Gasteiger partial charge in [0.1, 0.15) is 5.75 Å². The summed E-state index contributed by atoms with van der Waals surface area (Å²) < 4.78 is 11.7. The lowest BCUT2D eigenvalue weighted by atomic mass is 10.1. The van der Waals surface area contributed by atoms with Crippen LogP contribution in [0.4, 0.5) is 0 Å². The van der Waals surface area contributed by atoms with Crippen LogP contribution in [0.3, 0.4) is 0 Å². The van der Waals surface area contributed by atoms with Crippen molar-refractivity contribution in [1.82, 2.24) is 9.97 Å². The Morgan fingerprint density at radius 2 is 1.59 bits per heavy atom. The van der Waals surface area contributed by atoms with E-state index in [9.17, 15) is 0 Å². The number of nitrogens with zero attached hydrogens (tertiary/aromatic N) is 2. The van der Waals surface area contributed by atoms with Crippen LogP contribution in [0.25, 0.3) is 11.4 Å². The van der Waals surface area contributed by atoms with E-state index in [2.05, 4.69) is 37.7 Å². The third kappa shape index (κ3) is 7.58. The lowest BCUT2D eigenvalue weighted by molar-refractivity contribution is 0.206. The molecule has 0 amide bonds. The molecule has 0 bridgehead atoms. The molecule has 27 heavy (non-hydrogen) atoms. The summed E-state index contributed by atoms with van der Waals surface area (Å²) in [5, 5.41) is 0. The molecule has 0 saturated heterocycles. The van der Waals surface area contributed by atoms with E-state index in [1.807, 2.05) is 24.3 Å². The molecule has 0 aliphatic carbocycles. The zero-order valence-corrected chi connectivity index (χ0v) is 17.3. The minimum atomic E-state index is 0.242. The number of hydrogen-bond donors (Lipinski definition) is 0. The van der Waals surface area contributed by atoms with Gasteiger partial charge in [0.05, 0.1) is 25.1 Å². The first-order valence-electron chi connectivity index (χ1n) is 10.3. The number of aromatic nitrogens is 2. The van der Waals surface area contributed by atoms with Gasteiger partial charge in [0, 0.05) is 5.56 Å². The smallest absolute Gasteiger partial charge is 0.159 e. The summed E-state index contributed by atoms with van der Waals surface area (Å²) in [5.74, 6) is 2.85. The predicted molar refractivity (Wildman–Crippen MR) is 111 cm³/mol. The van der Waals surface area contributed by atoms with Gasteiger partial charge in [-0.1, -0.05) is 46.5 Å². The van der Waals surface area contributed by atoms with Gasteiger partial charge < -0.3 is 9.47 Å². The Morgan fingerprint density at radius 1 is 0.889 bits per heavy atom. The van der Waals surface area contributed by atoms with Crippen molar-refractivity contribution in [3.63, 3.8) is 0 Å². The second-order valence-corrected chi connectivity index (χ2v) is 7.37. The summed E-state index contributed by atoms with van der Waals surface area (Å²) in [5.41, 5.74) is 0.978. The molecule has 0 fully saturated rings. The molecule has 0 N–H and O–H groups in total. The van der Waals surface area contributed by atoms with E-state index in [4.69, 9.17) is 9.47 Å². The molecule has 0 aliphatic heterocycles. The molecule has 1 heterocycles. The molecule has 1 aromatic heterocycles. The van der Waals surface area contributed by atoms with Gasteiger partial charge in [-0.15, -0.1) is 0 Å². The molecule has 2 rings (SSSR count). The van der Waals surface area contributed by atoms with Gasteiger partial charge in [0.25, 0.3) is 0 Å². The van der Waals surface area contributed by atoms with Gasteiger partial charge in [-0.05, 0) is 49.9 Å². The summed E-state index contributed by atoms with van der Waals surface area (Å²) in [4.78, 5) is 8.85. The van der Waals surface area contributed by atoms with Crippen molar-refractivity contribution in [3.05, 3.63) is 36.7 Å². The number of benzene rings is 1. The first kappa shape index (κ1) is 21.2. The maximum Gasteiger partial charge on any atom is 0.159 e. The molecule has 4 nitrogen and oxygen atoms in total. The molecule has 0 aliphatic rings. The van der Waals surface area contributed by atoms with E-state index in [1.54, 1.807) is 12.4 Å². The zero-order chi connectivity index (χ0) is 19.5. The fourth-order valence-electron chi connectivity index (χ4n) is 2.73. The van der Waals surface area contributed by atoms with Crippen molar-refractivity contribution in [2.24, 2.45) is 5.92 Å². The molecule has 2 atom stereocenters. The number of unbranched alkanes of at least 4 members (excludes halogenated alkanes) is 3. The van der Waals surface area contributed by atoms with Crippen molar-refractivity contribution in [1.29, 1.82) is 0 Å². The molecule has 0 spiro atoms. The SMILES string of the molecule is CCCCCC[C@@H](C)Oc1ccc(-c2ncc(OC[C@@H](C)CC)cn2)cc1. The molecule has 148 valence electrons. The Kier molecular flexibility index (Phi) is 9.09. The Labute approximate surface area is 164 Å². The fourth-order valence-corrected chi connectivity index (χ4v) is 2.73. The van der Waals surface area contributed by atoms with E-state index in [1.165, 1.54) is 25.7 Å². The largest absolute Gasteiger partial charge is 0.491 e. The van der Waals surface area contributed by atoms with Crippen LogP contribution < -0.4 is 9.47 Å². The monoisotopic (exact) mass is 370 g/mol.